The number of nitrogens with zero attached hydrogens (tertiary/aromatic N) is 6. The number of hydrogen-bond acceptors (Lipinski definition) is 9. The molecule has 3 aliphatic heterocycles. The van der Waals surface area contributed by atoms with Crippen LogP contribution in [0.1, 0.15) is 34.3 Å². The van der Waals surface area contributed by atoms with Crippen molar-refractivity contribution in [1.82, 2.24) is 30.1 Å². The smallest absolute Gasteiger partial charge is 0.255 e. The van der Waals surface area contributed by atoms with Gasteiger partial charge in [-0.15, -0.1) is 0 Å². The van der Waals surface area contributed by atoms with E-state index in [2.05, 4.69) is 25.2 Å². The van der Waals surface area contributed by atoms with Crippen LogP contribution in [0.25, 0.3) is 11.3 Å². The number of fused-ring (bicyclic) bond motifs is 1. The molecule has 1 unspecified atom stereocenters. The lowest BCUT2D eigenvalue weighted by Crippen LogP contribution is -2.52. The summed E-state index contributed by atoms with van der Waals surface area (Å²) in [6.45, 7) is 3.28. The molecule has 11 nitrogen and oxygen atoms in total. The van der Waals surface area contributed by atoms with Crippen LogP contribution in [0.2, 0.25) is 0 Å². The topological polar surface area (TPSA) is 138 Å². The van der Waals surface area contributed by atoms with Gasteiger partial charge in [-0.05, 0) is 24.6 Å². The Morgan fingerprint density at radius 1 is 0.975 bits per heavy atom. The normalized spacial score (nSPS) is 19.6. The van der Waals surface area contributed by atoms with E-state index in [0.29, 0.717) is 31.3 Å². The summed E-state index contributed by atoms with van der Waals surface area (Å²) in [7, 11) is 0. The molecule has 2 aromatic heterocycles. The van der Waals surface area contributed by atoms with Crippen LogP contribution < -0.4 is 16.0 Å². The molecular formula is C27H26F2N8O3. The molecule has 2 fully saturated rings. The van der Waals surface area contributed by atoms with Gasteiger partial charge in [0.05, 0.1) is 24.6 Å². The Hall–Kier alpha value is -4.52. The van der Waals surface area contributed by atoms with Crippen molar-refractivity contribution in [2.45, 2.75) is 32.0 Å². The molecule has 5 heterocycles. The number of piperazine rings is 1. The Bertz CT molecular complexity index is 1510. The number of anilines is 2. The van der Waals surface area contributed by atoms with E-state index >= 15 is 4.39 Å². The second kappa shape index (κ2) is 10.2. The molecule has 0 aliphatic carbocycles. The maximum Gasteiger partial charge on any atom is 0.255 e. The Morgan fingerprint density at radius 3 is 2.40 bits per heavy atom. The predicted molar refractivity (Wildman–Crippen MR) is 140 cm³/mol. The molecule has 3 N–H and O–H groups in total. The number of hydrogen-bond donors (Lipinski definition) is 2. The van der Waals surface area contributed by atoms with E-state index in [-0.39, 0.29) is 47.8 Å². The van der Waals surface area contributed by atoms with Gasteiger partial charge in [-0.2, -0.15) is 0 Å². The van der Waals surface area contributed by atoms with Crippen molar-refractivity contribution in [1.29, 1.82) is 0 Å². The predicted octanol–water partition coefficient (Wildman–Crippen LogP) is 1.48. The van der Waals surface area contributed by atoms with Crippen molar-refractivity contribution in [3.8, 4) is 11.3 Å². The quantitative estimate of drug-likeness (QED) is 0.454. The van der Waals surface area contributed by atoms with Crippen LogP contribution in [0.4, 0.5) is 20.5 Å². The lowest BCUT2D eigenvalue weighted by molar-refractivity contribution is -0.136. The molecule has 1 atom stereocenters. The number of nitrogens with one attached hydrogen (secondary N) is 1. The molecule has 206 valence electrons. The first-order valence-electron chi connectivity index (χ1n) is 12.9. The number of halogens is 2. The van der Waals surface area contributed by atoms with Gasteiger partial charge in [0.25, 0.3) is 5.91 Å². The van der Waals surface area contributed by atoms with E-state index in [9.17, 15) is 18.8 Å². The standard InChI is InChI=1S/C27H26F2N8O3/c28-16-11-31-27(32-12-16)36-9-7-35(8-10-36)13-15-1-4-20(33-24(15)30)18-3-2-17-19(23(18)29)14-37(26(17)40)21-5-6-22(38)34-25(21)39/h1-4,11-12,21H,5-10,13-14H2,(H2,30,33)(H,34,38,39). The molecule has 6 rings (SSSR count). The van der Waals surface area contributed by atoms with Crippen molar-refractivity contribution >= 4 is 29.5 Å². The third-order valence-electron chi connectivity index (χ3n) is 7.59. The number of piperidine rings is 1. The number of aromatic nitrogens is 3. The lowest BCUT2D eigenvalue weighted by Gasteiger charge is -2.34. The molecule has 0 bridgehead atoms. The number of rotatable bonds is 5. The SMILES string of the molecule is Nc1nc(-c2ccc3c(c2F)CN(C2CCC(=O)NC2=O)C3=O)ccc1CN1CCN(c2ncc(F)cn2)CC1. The minimum atomic E-state index is -0.821. The number of amides is 3. The number of benzene rings is 1. The molecule has 1 aromatic carbocycles. The average molecular weight is 549 g/mol. The fourth-order valence-corrected chi connectivity index (χ4v) is 5.41. The van der Waals surface area contributed by atoms with Gasteiger partial charge in [0.15, 0.2) is 5.82 Å². The molecule has 3 aromatic rings. The van der Waals surface area contributed by atoms with Gasteiger partial charge >= 0.3 is 0 Å². The molecule has 3 amide bonds. The van der Waals surface area contributed by atoms with Crippen molar-refractivity contribution in [3.05, 3.63) is 65.0 Å². The molecule has 0 radical (unpaired) electrons. The first kappa shape index (κ1) is 25.7. The second-order valence-electron chi connectivity index (χ2n) is 10.1. The van der Waals surface area contributed by atoms with Crippen LogP contribution in [0.5, 0.6) is 0 Å². The summed E-state index contributed by atoms with van der Waals surface area (Å²) in [5, 5.41) is 2.24. The zero-order chi connectivity index (χ0) is 28.0. The minimum Gasteiger partial charge on any atom is -0.383 e. The van der Waals surface area contributed by atoms with Gasteiger partial charge in [-0.3, -0.25) is 24.6 Å². The summed E-state index contributed by atoms with van der Waals surface area (Å²) in [5.41, 5.74) is 8.02. The van der Waals surface area contributed by atoms with Gasteiger partial charge in [-0.25, -0.2) is 23.7 Å². The van der Waals surface area contributed by atoms with Crippen LogP contribution in [0, 0.1) is 11.6 Å². The van der Waals surface area contributed by atoms with Gasteiger partial charge in [0.1, 0.15) is 17.7 Å². The molecule has 0 spiro atoms. The highest BCUT2D eigenvalue weighted by atomic mass is 19.1. The summed E-state index contributed by atoms with van der Waals surface area (Å²) in [5.74, 6) is -1.66. The van der Waals surface area contributed by atoms with Crippen molar-refractivity contribution in [2.24, 2.45) is 0 Å². The Kier molecular flexibility index (Phi) is 6.58. The van der Waals surface area contributed by atoms with Crippen LogP contribution in [-0.2, 0) is 22.7 Å². The third kappa shape index (κ3) is 4.72. The maximum absolute atomic E-state index is 15.7. The Labute approximate surface area is 228 Å². The summed E-state index contributed by atoms with van der Waals surface area (Å²) in [4.78, 5) is 54.8. The summed E-state index contributed by atoms with van der Waals surface area (Å²) in [6.07, 6.45) is 2.63. The number of pyridine rings is 1. The van der Waals surface area contributed by atoms with Crippen molar-refractivity contribution < 1.29 is 23.2 Å². The van der Waals surface area contributed by atoms with Gasteiger partial charge in [0.2, 0.25) is 17.8 Å². The zero-order valence-electron chi connectivity index (χ0n) is 21.4. The van der Waals surface area contributed by atoms with Crippen LogP contribution in [0.15, 0.2) is 36.7 Å². The molecule has 2 saturated heterocycles. The van der Waals surface area contributed by atoms with E-state index in [1.54, 1.807) is 6.07 Å². The van der Waals surface area contributed by atoms with Gasteiger partial charge in [0, 0.05) is 61.4 Å². The Balaban J connectivity index is 1.14. The van der Waals surface area contributed by atoms with Gasteiger partial charge < -0.3 is 15.5 Å². The molecule has 40 heavy (non-hydrogen) atoms. The van der Waals surface area contributed by atoms with Crippen molar-refractivity contribution in [3.63, 3.8) is 0 Å². The number of carbonyl (C=O) groups is 3. The number of nitrogens with two attached hydrogens (primary N) is 1. The summed E-state index contributed by atoms with van der Waals surface area (Å²) < 4.78 is 28.8. The number of carbonyl (C=O) groups excluding carboxylic acids is 3. The fraction of sp³-hybridized carbons (Fsp3) is 0.333. The highest BCUT2D eigenvalue weighted by Gasteiger charge is 2.40. The molecule has 0 saturated carbocycles. The van der Waals surface area contributed by atoms with Crippen LogP contribution in [-0.4, -0.2) is 74.7 Å². The second-order valence-corrected chi connectivity index (χ2v) is 10.1. The van der Waals surface area contributed by atoms with E-state index in [0.717, 1.165) is 31.0 Å². The average Bonchev–Trinajstić information content (AvgIpc) is 3.28. The van der Waals surface area contributed by atoms with E-state index in [4.69, 9.17) is 5.73 Å². The highest BCUT2D eigenvalue weighted by molar-refractivity contribution is 6.05. The maximum atomic E-state index is 15.7. The number of nitrogen functional groups attached to an aromatic ring is 1. The van der Waals surface area contributed by atoms with Crippen LogP contribution in [0.3, 0.4) is 0 Å². The fourth-order valence-electron chi connectivity index (χ4n) is 5.41. The minimum absolute atomic E-state index is 0.0668. The van der Waals surface area contributed by atoms with Crippen LogP contribution >= 0.6 is 0 Å². The largest absolute Gasteiger partial charge is 0.383 e. The monoisotopic (exact) mass is 548 g/mol. The van der Waals surface area contributed by atoms with Gasteiger partial charge in [-0.1, -0.05) is 6.07 Å². The lowest BCUT2D eigenvalue weighted by atomic mass is 10.0. The third-order valence-corrected chi connectivity index (χ3v) is 7.59. The van der Waals surface area contributed by atoms with E-state index in [1.807, 2.05) is 11.0 Å². The molecular weight excluding hydrogens is 522 g/mol. The Morgan fingerprint density at radius 2 is 1.70 bits per heavy atom. The molecule has 3 aliphatic rings. The summed E-state index contributed by atoms with van der Waals surface area (Å²) >= 11 is 0. The number of imide groups is 1. The first-order valence-corrected chi connectivity index (χ1v) is 12.9. The van der Waals surface area contributed by atoms with Crippen molar-refractivity contribution in [2.75, 3.05) is 36.8 Å². The highest BCUT2D eigenvalue weighted by Crippen LogP contribution is 2.34. The molecule has 13 heteroatoms. The first-order chi connectivity index (χ1) is 19.3. The zero-order valence-corrected chi connectivity index (χ0v) is 21.4. The summed E-state index contributed by atoms with van der Waals surface area (Å²) in [6, 6.07) is 5.74. The van der Waals surface area contributed by atoms with E-state index in [1.165, 1.54) is 17.0 Å². The van der Waals surface area contributed by atoms with E-state index < -0.39 is 29.5 Å².